The van der Waals surface area contributed by atoms with E-state index in [2.05, 4.69) is 26.0 Å². The van der Waals surface area contributed by atoms with Crippen molar-refractivity contribution >= 4 is 38.7 Å². The molecule has 0 atom stereocenters. The molecule has 0 saturated heterocycles. The fraction of sp³-hybridized carbons (Fsp3) is 0.286. The summed E-state index contributed by atoms with van der Waals surface area (Å²) in [4.78, 5) is 4.59. The Kier molecular flexibility index (Phi) is 3.75. The number of benzene rings is 1. The van der Waals surface area contributed by atoms with Gasteiger partial charge < -0.3 is 0 Å². The normalized spacial score (nSPS) is 11.5. The summed E-state index contributed by atoms with van der Waals surface area (Å²) in [5.74, 6) is 0.682. The van der Waals surface area contributed by atoms with Crippen LogP contribution < -0.4 is 0 Å². The highest BCUT2D eigenvalue weighted by Gasteiger charge is 2.19. The monoisotopic (exact) mass is 370 g/mol. The van der Waals surface area contributed by atoms with Crippen LogP contribution in [0.4, 0.5) is 4.39 Å². The minimum absolute atomic E-state index is 0.271. The van der Waals surface area contributed by atoms with Crippen molar-refractivity contribution in [2.75, 3.05) is 0 Å². The number of hydrogen-bond acceptors (Lipinski definition) is 2. The largest absolute Gasteiger partial charge is 0.280 e. The predicted octanol–water partition coefficient (Wildman–Crippen LogP) is 3.96. The summed E-state index contributed by atoms with van der Waals surface area (Å²) >= 11 is 9.25. The van der Waals surface area contributed by atoms with Crippen molar-refractivity contribution in [2.24, 2.45) is 7.05 Å². The van der Waals surface area contributed by atoms with Crippen LogP contribution >= 0.6 is 27.5 Å². The number of alkyl halides is 1. The molecule has 2 aromatic heterocycles. The Hall–Kier alpha value is -1.40. The maximum atomic E-state index is 13.5. The Morgan fingerprint density at radius 2 is 2.14 bits per heavy atom. The Morgan fingerprint density at radius 1 is 1.38 bits per heavy atom. The molecule has 0 N–H and O–H groups in total. The third kappa shape index (κ3) is 2.26. The van der Waals surface area contributed by atoms with Gasteiger partial charge in [-0.05, 0) is 40.5 Å². The third-order valence-corrected chi connectivity index (χ3v) is 4.24. The van der Waals surface area contributed by atoms with Gasteiger partial charge in [-0.3, -0.25) is 4.57 Å². The SMILES string of the molecule is CCc1nn(C)c2c1nc(CCl)n2-c1ccc(F)c(Br)c1. The fourth-order valence-corrected chi connectivity index (χ4v) is 2.99. The molecular weight excluding hydrogens is 359 g/mol. The summed E-state index contributed by atoms with van der Waals surface area (Å²) in [5.41, 5.74) is 3.43. The van der Waals surface area contributed by atoms with Crippen LogP contribution in [0.15, 0.2) is 22.7 Å². The van der Waals surface area contributed by atoms with Gasteiger partial charge in [0.1, 0.15) is 17.2 Å². The lowest BCUT2D eigenvalue weighted by molar-refractivity contribution is 0.620. The van der Waals surface area contributed by atoms with E-state index in [1.165, 1.54) is 6.07 Å². The highest BCUT2D eigenvalue weighted by atomic mass is 79.9. The molecule has 0 saturated carbocycles. The summed E-state index contributed by atoms with van der Waals surface area (Å²) in [6.45, 7) is 2.04. The Balaban J connectivity index is 2.34. The van der Waals surface area contributed by atoms with Crippen LogP contribution in [0, 0.1) is 5.82 Å². The van der Waals surface area contributed by atoms with Crippen LogP contribution in [-0.4, -0.2) is 19.3 Å². The summed E-state index contributed by atoms with van der Waals surface area (Å²) in [7, 11) is 1.87. The number of aromatic nitrogens is 4. The molecule has 0 bridgehead atoms. The summed E-state index contributed by atoms with van der Waals surface area (Å²) in [5, 5.41) is 4.47. The maximum Gasteiger partial charge on any atom is 0.163 e. The van der Waals surface area contributed by atoms with E-state index in [4.69, 9.17) is 11.6 Å². The van der Waals surface area contributed by atoms with E-state index < -0.39 is 0 Å². The standard InChI is InChI=1S/C14H13BrClFN4/c1-3-11-13-14(20(2)19-11)21(12(7-16)18-13)8-4-5-10(17)9(15)6-8/h4-6H,3,7H2,1-2H3. The number of hydrogen-bond donors (Lipinski definition) is 0. The number of halogens is 3. The summed E-state index contributed by atoms with van der Waals surface area (Å²) in [6.07, 6.45) is 0.795. The Labute approximate surface area is 134 Å². The van der Waals surface area contributed by atoms with Crippen LogP contribution in [0.3, 0.4) is 0 Å². The molecule has 0 spiro atoms. The van der Waals surface area contributed by atoms with Crippen molar-refractivity contribution in [1.29, 1.82) is 0 Å². The smallest absolute Gasteiger partial charge is 0.163 e. The highest BCUT2D eigenvalue weighted by Crippen LogP contribution is 2.27. The third-order valence-electron chi connectivity index (χ3n) is 3.39. The first kappa shape index (κ1) is 14.5. The number of rotatable bonds is 3. The lowest BCUT2D eigenvalue weighted by atomic mass is 10.3. The van der Waals surface area contributed by atoms with Crippen molar-refractivity contribution in [1.82, 2.24) is 19.3 Å². The number of imidazole rings is 1. The van der Waals surface area contributed by atoms with E-state index in [1.54, 1.807) is 16.8 Å². The molecule has 110 valence electrons. The molecule has 0 aliphatic carbocycles. The molecule has 4 nitrogen and oxygen atoms in total. The van der Waals surface area contributed by atoms with Crippen LogP contribution in [-0.2, 0) is 19.3 Å². The molecule has 7 heteroatoms. The minimum atomic E-state index is -0.304. The van der Waals surface area contributed by atoms with Crippen LogP contribution in [0.2, 0.25) is 0 Å². The van der Waals surface area contributed by atoms with Gasteiger partial charge in [0.05, 0.1) is 21.7 Å². The van der Waals surface area contributed by atoms with Gasteiger partial charge in [0, 0.05) is 7.05 Å². The van der Waals surface area contributed by atoms with E-state index in [9.17, 15) is 4.39 Å². The van der Waals surface area contributed by atoms with Crippen molar-refractivity contribution in [3.63, 3.8) is 0 Å². The molecule has 2 heterocycles. The lowest BCUT2D eigenvalue weighted by Crippen LogP contribution is -2.04. The van der Waals surface area contributed by atoms with E-state index >= 15 is 0 Å². The van der Waals surface area contributed by atoms with Crippen molar-refractivity contribution in [3.05, 3.63) is 40.0 Å². The molecule has 21 heavy (non-hydrogen) atoms. The van der Waals surface area contributed by atoms with Crippen LogP contribution in [0.25, 0.3) is 16.9 Å². The first-order chi connectivity index (χ1) is 10.1. The second-order valence-electron chi connectivity index (χ2n) is 4.69. The Bertz CT molecular complexity index is 824. The van der Waals surface area contributed by atoms with Gasteiger partial charge in [-0.15, -0.1) is 11.6 Å². The maximum absolute atomic E-state index is 13.5. The molecule has 0 amide bonds. The lowest BCUT2D eigenvalue weighted by Gasteiger charge is -2.09. The quantitative estimate of drug-likeness (QED) is 0.653. The zero-order valence-electron chi connectivity index (χ0n) is 11.6. The topological polar surface area (TPSA) is 35.6 Å². The summed E-state index contributed by atoms with van der Waals surface area (Å²) in [6, 6.07) is 4.83. The fourth-order valence-electron chi connectivity index (χ4n) is 2.45. The average molecular weight is 372 g/mol. The molecule has 0 fully saturated rings. The highest BCUT2D eigenvalue weighted by molar-refractivity contribution is 9.10. The van der Waals surface area contributed by atoms with Gasteiger partial charge in [0.2, 0.25) is 0 Å². The molecule has 3 aromatic rings. The number of nitrogens with zero attached hydrogens (tertiary/aromatic N) is 4. The van der Waals surface area contributed by atoms with E-state index in [0.29, 0.717) is 10.3 Å². The Morgan fingerprint density at radius 3 is 2.76 bits per heavy atom. The second-order valence-corrected chi connectivity index (χ2v) is 5.81. The van der Waals surface area contributed by atoms with Gasteiger partial charge in [0.25, 0.3) is 0 Å². The van der Waals surface area contributed by atoms with Crippen molar-refractivity contribution in [3.8, 4) is 5.69 Å². The predicted molar refractivity (Wildman–Crippen MR) is 84.4 cm³/mol. The van der Waals surface area contributed by atoms with Gasteiger partial charge in [-0.2, -0.15) is 5.10 Å². The van der Waals surface area contributed by atoms with E-state index in [0.717, 1.165) is 29.0 Å². The molecule has 0 aliphatic rings. The average Bonchev–Trinajstić information content (AvgIpc) is 2.99. The minimum Gasteiger partial charge on any atom is -0.280 e. The number of fused-ring (bicyclic) bond motifs is 1. The molecule has 0 unspecified atom stereocenters. The molecule has 0 radical (unpaired) electrons. The molecule has 3 rings (SSSR count). The first-order valence-electron chi connectivity index (χ1n) is 6.51. The number of aryl methyl sites for hydroxylation is 2. The zero-order chi connectivity index (χ0) is 15.1. The molecular formula is C14H13BrClFN4. The van der Waals surface area contributed by atoms with E-state index in [-0.39, 0.29) is 11.7 Å². The molecule has 0 aliphatic heterocycles. The zero-order valence-corrected chi connectivity index (χ0v) is 13.9. The van der Waals surface area contributed by atoms with Gasteiger partial charge in [0.15, 0.2) is 5.65 Å². The second kappa shape index (κ2) is 5.42. The van der Waals surface area contributed by atoms with Gasteiger partial charge in [-0.25, -0.2) is 14.1 Å². The van der Waals surface area contributed by atoms with Crippen molar-refractivity contribution < 1.29 is 4.39 Å². The van der Waals surface area contributed by atoms with Crippen molar-refractivity contribution in [2.45, 2.75) is 19.2 Å². The first-order valence-corrected chi connectivity index (χ1v) is 7.84. The molecule has 1 aromatic carbocycles. The van der Waals surface area contributed by atoms with Crippen LogP contribution in [0.5, 0.6) is 0 Å². The van der Waals surface area contributed by atoms with Gasteiger partial charge in [-0.1, -0.05) is 6.92 Å². The van der Waals surface area contributed by atoms with Gasteiger partial charge >= 0.3 is 0 Å². The van der Waals surface area contributed by atoms with E-state index in [1.807, 2.05) is 18.5 Å². The van der Waals surface area contributed by atoms with Crippen LogP contribution in [0.1, 0.15) is 18.4 Å². The summed E-state index contributed by atoms with van der Waals surface area (Å²) < 4.78 is 17.6.